The van der Waals surface area contributed by atoms with E-state index in [0.717, 1.165) is 10.2 Å². The van der Waals surface area contributed by atoms with Crippen LogP contribution >= 0.6 is 11.8 Å². The summed E-state index contributed by atoms with van der Waals surface area (Å²) in [5, 5.41) is 9.07. The van der Waals surface area contributed by atoms with Crippen molar-refractivity contribution in [1.29, 1.82) is 0 Å². The Hall–Kier alpha value is -1.40. The highest BCUT2D eigenvalue weighted by atomic mass is 32.2. The molecule has 0 saturated carbocycles. The van der Waals surface area contributed by atoms with E-state index in [-0.39, 0.29) is 6.04 Å². The van der Waals surface area contributed by atoms with E-state index in [2.05, 4.69) is 33.4 Å². The molecule has 0 radical (unpaired) electrons. The van der Waals surface area contributed by atoms with Crippen molar-refractivity contribution in [3.63, 3.8) is 0 Å². The van der Waals surface area contributed by atoms with Gasteiger partial charge in [0.1, 0.15) is 11.4 Å². The lowest BCUT2D eigenvalue weighted by Gasteiger charge is -2.13. The molecule has 1 N–H and O–H groups in total. The fourth-order valence-corrected chi connectivity index (χ4v) is 2.37. The Morgan fingerprint density at radius 3 is 2.88 bits per heavy atom. The highest BCUT2D eigenvalue weighted by Crippen LogP contribution is 2.29. The van der Waals surface area contributed by atoms with E-state index in [0.29, 0.717) is 0 Å². The van der Waals surface area contributed by atoms with Gasteiger partial charge >= 0.3 is 0 Å². The number of nitrogens with zero attached hydrogens (tertiary/aromatic N) is 4. The summed E-state index contributed by atoms with van der Waals surface area (Å²) in [4.78, 5) is 8.60. The smallest absolute Gasteiger partial charge is 0.192 e. The van der Waals surface area contributed by atoms with Crippen LogP contribution in [0.3, 0.4) is 0 Å². The Morgan fingerprint density at radius 1 is 1.41 bits per heavy atom. The first-order valence-corrected chi connectivity index (χ1v) is 6.18. The molecular weight excluding hydrogens is 234 g/mol. The van der Waals surface area contributed by atoms with Gasteiger partial charge in [-0.2, -0.15) is 5.10 Å². The number of nitrogens with one attached hydrogen (secondary N) is 1. The van der Waals surface area contributed by atoms with Crippen molar-refractivity contribution >= 4 is 11.8 Å². The van der Waals surface area contributed by atoms with Crippen LogP contribution in [0.25, 0.3) is 0 Å². The number of aromatic nitrogens is 4. The molecule has 1 unspecified atom stereocenters. The van der Waals surface area contributed by atoms with Gasteiger partial charge < -0.3 is 5.32 Å². The first kappa shape index (κ1) is 12.1. The number of hydrogen-bond donors (Lipinski definition) is 1. The van der Waals surface area contributed by atoms with Gasteiger partial charge in [-0.15, -0.1) is 0 Å². The third kappa shape index (κ3) is 2.65. The predicted molar refractivity (Wildman–Crippen MR) is 66.8 cm³/mol. The molecule has 2 aromatic heterocycles. The molecule has 90 valence electrons. The molecule has 2 aromatic rings. The number of hydrogen-bond acceptors (Lipinski definition) is 5. The van der Waals surface area contributed by atoms with Crippen LogP contribution in [0.4, 0.5) is 0 Å². The van der Waals surface area contributed by atoms with Crippen molar-refractivity contribution < 1.29 is 0 Å². The summed E-state index contributed by atoms with van der Waals surface area (Å²) in [6.07, 6.45) is 3.34. The molecule has 0 spiro atoms. The fourth-order valence-electron chi connectivity index (χ4n) is 1.44. The highest BCUT2D eigenvalue weighted by Gasteiger charge is 2.12. The van der Waals surface area contributed by atoms with Crippen molar-refractivity contribution in [3.05, 3.63) is 30.2 Å². The quantitative estimate of drug-likeness (QED) is 0.892. The van der Waals surface area contributed by atoms with Crippen LogP contribution in [0.1, 0.15) is 18.5 Å². The SMILES string of the molecule is CNC(C)c1cccnc1Sc1ncnn1C. The van der Waals surface area contributed by atoms with E-state index in [1.165, 1.54) is 17.3 Å². The first-order chi connectivity index (χ1) is 8.22. The summed E-state index contributed by atoms with van der Waals surface area (Å²) in [5.74, 6) is 0. The summed E-state index contributed by atoms with van der Waals surface area (Å²) in [7, 11) is 3.81. The van der Waals surface area contributed by atoms with E-state index in [1.807, 2.05) is 20.2 Å². The minimum absolute atomic E-state index is 0.263. The van der Waals surface area contributed by atoms with Gasteiger partial charge in [-0.25, -0.2) is 14.6 Å². The molecule has 0 aromatic carbocycles. The zero-order valence-electron chi connectivity index (χ0n) is 10.1. The van der Waals surface area contributed by atoms with Gasteiger partial charge in [0.05, 0.1) is 0 Å². The summed E-state index contributed by atoms with van der Waals surface area (Å²) in [5.41, 5.74) is 1.17. The Bertz CT molecular complexity index is 496. The topological polar surface area (TPSA) is 55.6 Å². The average molecular weight is 249 g/mol. The molecule has 6 heteroatoms. The second-order valence-corrected chi connectivity index (χ2v) is 4.63. The molecule has 0 bridgehead atoms. The molecule has 5 nitrogen and oxygen atoms in total. The van der Waals surface area contributed by atoms with Gasteiger partial charge in [0.25, 0.3) is 0 Å². The highest BCUT2D eigenvalue weighted by molar-refractivity contribution is 7.99. The van der Waals surface area contributed by atoms with Crippen molar-refractivity contribution in [2.75, 3.05) is 7.05 Å². The maximum absolute atomic E-state index is 4.41. The van der Waals surface area contributed by atoms with Crippen LogP contribution in [0.15, 0.2) is 34.8 Å². The van der Waals surface area contributed by atoms with E-state index in [1.54, 1.807) is 17.2 Å². The Morgan fingerprint density at radius 2 is 2.24 bits per heavy atom. The minimum atomic E-state index is 0.263. The van der Waals surface area contributed by atoms with Gasteiger partial charge in [0.2, 0.25) is 0 Å². The molecule has 17 heavy (non-hydrogen) atoms. The lowest BCUT2D eigenvalue weighted by Crippen LogP contribution is -2.13. The van der Waals surface area contributed by atoms with Crippen LogP contribution in [0, 0.1) is 0 Å². The van der Waals surface area contributed by atoms with Gasteiger partial charge in [0, 0.05) is 24.8 Å². The summed E-state index contributed by atoms with van der Waals surface area (Å²) < 4.78 is 1.74. The van der Waals surface area contributed by atoms with E-state index in [4.69, 9.17) is 0 Å². The van der Waals surface area contributed by atoms with Crippen LogP contribution in [0.5, 0.6) is 0 Å². The maximum atomic E-state index is 4.41. The number of rotatable bonds is 4. The molecule has 2 heterocycles. The molecule has 1 atom stereocenters. The standard InChI is InChI=1S/C11H15N5S/c1-8(12-2)9-5-4-6-13-10(9)17-11-14-7-15-16(11)3/h4-8,12H,1-3H3. The molecule has 0 saturated heterocycles. The second kappa shape index (κ2) is 5.29. The zero-order chi connectivity index (χ0) is 12.3. The van der Waals surface area contributed by atoms with Crippen molar-refractivity contribution in [3.8, 4) is 0 Å². The number of aryl methyl sites for hydroxylation is 1. The first-order valence-electron chi connectivity index (χ1n) is 5.36. The minimum Gasteiger partial charge on any atom is -0.313 e. The van der Waals surface area contributed by atoms with Crippen molar-refractivity contribution in [1.82, 2.24) is 25.1 Å². The Kier molecular flexibility index (Phi) is 3.75. The molecule has 0 fully saturated rings. The average Bonchev–Trinajstić information content (AvgIpc) is 2.75. The summed E-state index contributed by atoms with van der Waals surface area (Å²) >= 11 is 1.53. The molecule has 0 aliphatic heterocycles. The summed E-state index contributed by atoms with van der Waals surface area (Å²) in [6.45, 7) is 2.11. The van der Waals surface area contributed by atoms with Crippen LogP contribution in [0.2, 0.25) is 0 Å². The Labute approximate surface area is 105 Å². The third-order valence-corrected chi connectivity index (χ3v) is 3.64. The van der Waals surface area contributed by atoms with Gasteiger partial charge in [-0.1, -0.05) is 6.07 Å². The van der Waals surface area contributed by atoms with E-state index < -0.39 is 0 Å². The fraction of sp³-hybridized carbons (Fsp3) is 0.364. The molecular formula is C11H15N5S. The lowest BCUT2D eigenvalue weighted by molar-refractivity contribution is 0.633. The van der Waals surface area contributed by atoms with Crippen LogP contribution in [-0.2, 0) is 7.05 Å². The zero-order valence-corrected chi connectivity index (χ0v) is 10.9. The number of pyridine rings is 1. The monoisotopic (exact) mass is 249 g/mol. The van der Waals surface area contributed by atoms with Gasteiger partial charge in [-0.05, 0) is 31.8 Å². The maximum Gasteiger partial charge on any atom is 0.192 e. The normalized spacial score (nSPS) is 12.6. The van der Waals surface area contributed by atoms with E-state index in [9.17, 15) is 0 Å². The van der Waals surface area contributed by atoms with Crippen molar-refractivity contribution in [2.24, 2.45) is 7.05 Å². The molecule has 0 aliphatic carbocycles. The molecule has 2 rings (SSSR count). The van der Waals surface area contributed by atoms with Gasteiger partial charge in [-0.3, -0.25) is 0 Å². The second-order valence-electron chi connectivity index (χ2n) is 3.68. The van der Waals surface area contributed by atoms with Crippen LogP contribution in [-0.4, -0.2) is 26.8 Å². The largest absolute Gasteiger partial charge is 0.313 e. The molecule has 0 aliphatic rings. The molecule has 0 amide bonds. The summed E-state index contributed by atoms with van der Waals surface area (Å²) in [6, 6.07) is 4.29. The lowest BCUT2D eigenvalue weighted by atomic mass is 10.1. The third-order valence-electron chi connectivity index (χ3n) is 2.56. The van der Waals surface area contributed by atoms with Crippen LogP contribution < -0.4 is 5.32 Å². The van der Waals surface area contributed by atoms with Gasteiger partial charge in [0.15, 0.2) is 5.16 Å². The Balaban J connectivity index is 2.30. The predicted octanol–water partition coefficient (Wildman–Crippen LogP) is 1.64. The van der Waals surface area contributed by atoms with Crippen molar-refractivity contribution in [2.45, 2.75) is 23.1 Å². The van der Waals surface area contributed by atoms with E-state index >= 15 is 0 Å².